The lowest BCUT2D eigenvalue weighted by atomic mass is 10.0. The minimum absolute atomic E-state index is 0.0684. The fourth-order valence-corrected chi connectivity index (χ4v) is 4.40. The number of benzene rings is 2. The lowest BCUT2D eigenvalue weighted by molar-refractivity contribution is -0.135. The van der Waals surface area contributed by atoms with Crippen LogP contribution in [0.4, 0.5) is 8.78 Å². The van der Waals surface area contributed by atoms with Gasteiger partial charge in [0.05, 0.1) is 31.4 Å². The maximum atomic E-state index is 15.2. The molecule has 37 heavy (non-hydrogen) atoms. The van der Waals surface area contributed by atoms with E-state index in [-0.39, 0.29) is 47.2 Å². The number of aryl methyl sites for hydroxylation is 1. The Labute approximate surface area is 209 Å². The molecule has 1 aliphatic heterocycles. The van der Waals surface area contributed by atoms with E-state index in [0.29, 0.717) is 37.6 Å². The van der Waals surface area contributed by atoms with E-state index < -0.39 is 17.3 Å². The zero-order valence-corrected chi connectivity index (χ0v) is 20.2. The third kappa shape index (κ3) is 4.65. The molecule has 13 heteroatoms. The molecule has 194 valence electrons. The summed E-state index contributed by atoms with van der Waals surface area (Å²) in [5.41, 5.74) is 0.583. The first-order valence-electron chi connectivity index (χ1n) is 11.5. The van der Waals surface area contributed by atoms with Crippen LogP contribution in [0.5, 0.6) is 11.5 Å². The molecule has 2 aromatic heterocycles. The van der Waals surface area contributed by atoms with Crippen LogP contribution in [0.1, 0.15) is 5.82 Å². The second-order valence-electron chi connectivity index (χ2n) is 8.45. The molecule has 2 aromatic carbocycles. The molecule has 11 nitrogen and oxygen atoms in total. The van der Waals surface area contributed by atoms with Crippen molar-refractivity contribution >= 4 is 16.9 Å². The van der Waals surface area contributed by atoms with Crippen LogP contribution in [0.2, 0.25) is 0 Å². The Balaban J connectivity index is 1.56. The molecule has 0 radical (unpaired) electrons. The van der Waals surface area contributed by atoms with Gasteiger partial charge in [-0.15, -0.1) is 0 Å². The number of aromatic amines is 1. The van der Waals surface area contributed by atoms with Crippen molar-refractivity contribution in [2.75, 3.05) is 33.4 Å². The van der Waals surface area contributed by atoms with Crippen molar-refractivity contribution in [3.05, 3.63) is 58.5 Å². The van der Waals surface area contributed by atoms with E-state index in [4.69, 9.17) is 14.2 Å². The van der Waals surface area contributed by atoms with Crippen molar-refractivity contribution < 1.29 is 27.8 Å². The highest BCUT2D eigenvalue weighted by Crippen LogP contribution is 2.38. The molecule has 1 aliphatic rings. The minimum atomic E-state index is -0.752. The fourth-order valence-electron chi connectivity index (χ4n) is 4.40. The summed E-state index contributed by atoms with van der Waals surface area (Å²) < 4.78 is 48.7. The van der Waals surface area contributed by atoms with Gasteiger partial charge in [0, 0.05) is 25.7 Å². The molecule has 0 unspecified atom stereocenters. The summed E-state index contributed by atoms with van der Waals surface area (Å²) in [7, 11) is 2.87. The van der Waals surface area contributed by atoms with Gasteiger partial charge in [0.1, 0.15) is 25.3 Å². The van der Waals surface area contributed by atoms with Gasteiger partial charge < -0.3 is 19.1 Å². The lowest BCUT2D eigenvalue weighted by Gasteiger charge is -2.26. The summed E-state index contributed by atoms with van der Waals surface area (Å²) in [5, 5.41) is 6.33. The highest BCUT2D eigenvalue weighted by atomic mass is 19.1. The number of morpholine rings is 1. The maximum absolute atomic E-state index is 15.2. The van der Waals surface area contributed by atoms with Crippen LogP contribution in [0.3, 0.4) is 0 Å². The molecule has 0 atom stereocenters. The third-order valence-corrected chi connectivity index (χ3v) is 6.21. The van der Waals surface area contributed by atoms with Crippen LogP contribution in [0.25, 0.3) is 22.2 Å². The smallest absolute Gasteiger partial charge is 0.329 e. The number of ether oxygens (including phenoxy) is 3. The summed E-state index contributed by atoms with van der Waals surface area (Å²) >= 11 is 0. The van der Waals surface area contributed by atoms with Crippen LogP contribution in [-0.2, 0) is 29.7 Å². The number of hydrogen-bond donors (Lipinski definition) is 1. The number of rotatable bonds is 7. The van der Waals surface area contributed by atoms with Crippen molar-refractivity contribution in [3.8, 4) is 22.6 Å². The third-order valence-electron chi connectivity index (χ3n) is 6.21. The summed E-state index contributed by atoms with van der Waals surface area (Å²) in [5.74, 6) is -1.37. The number of methoxy groups -OCH3 is 1. The second-order valence-corrected chi connectivity index (χ2v) is 8.45. The SMILES string of the molecule is COc1cc(-c2cc(F)cc3c2n(C)c(=O)n3CC(=O)N2CCOCC2)cc(F)c1OCc1ncn[nH]1. The molecule has 1 fully saturated rings. The molecular weight excluding hydrogens is 490 g/mol. The van der Waals surface area contributed by atoms with Crippen LogP contribution >= 0.6 is 0 Å². The molecule has 3 heterocycles. The lowest BCUT2D eigenvalue weighted by Crippen LogP contribution is -2.43. The van der Waals surface area contributed by atoms with Gasteiger partial charge in [-0.2, -0.15) is 5.10 Å². The Bertz CT molecular complexity index is 1510. The van der Waals surface area contributed by atoms with Gasteiger partial charge in [0.15, 0.2) is 23.1 Å². The van der Waals surface area contributed by atoms with Crippen molar-refractivity contribution in [2.24, 2.45) is 7.05 Å². The number of nitrogens with one attached hydrogen (secondary N) is 1. The highest BCUT2D eigenvalue weighted by Gasteiger charge is 2.24. The first kappa shape index (κ1) is 24.4. The topological polar surface area (TPSA) is 116 Å². The number of hydrogen-bond acceptors (Lipinski definition) is 7. The van der Waals surface area contributed by atoms with E-state index in [1.165, 1.54) is 53.9 Å². The van der Waals surface area contributed by atoms with E-state index in [0.717, 1.165) is 0 Å². The van der Waals surface area contributed by atoms with Crippen LogP contribution in [-0.4, -0.2) is 68.5 Å². The zero-order chi connectivity index (χ0) is 26.1. The Hall–Kier alpha value is -4.26. The van der Waals surface area contributed by atoms with Crippen LogP contribution in [0.15, 0.2) is 35.4 Å². The number of aromatic nitrogens is 5. The number of carbonyl (C=O) groups is 1. The van der Waals surface area contributed by atoms with Crippen molar-refractivity contribution in [1.29, 1.82) is 0 Å². The molecular formula is C24H24F2N6O5. The molecule has 0 aliphatic carbocycles. The van der Waals surface area contributed by atoms with Crippen molar-refractivity contribution in [2.45, 2.75) is 13.2 Å². The van der Waals surface area contributed by atoms with Gasteiger partial charge >= 0.3 is 5.69 Å². The maximum Gasteiger partial charge on any atom is 0.329 e. The van der Waals surface area contributed by atoms with Gasteiger partial charge in [0.25, 0.3) is 0 Å². The molecule has 0 saturated carbocycles. The van der Waals surface area contributed by atoms with Gasteiger partial charge in [-0.1, -0.05) is 0 Å². The number of fused-ring (bicyclic) bond motifs is 1. The number of carbonyl (C=O) groups excluding carboxylic acids is 1. The Morgan fingerprint density at radius 3 is 2.68 bits per heavy atom. The number of H-pyrrole nitrogens is 1. The van der Waals surface area contributed by atoms with E-state index in [2.05, 4.69) is 15.2 Å². The number of nitrogens with zero attached hydrogens (tertiary/aromatic N) is 5. The van der Waals surface area contributed by atoms with Gasteiger partial charge in [-0.25, -0.2) is 18.6 Å². The van der Waals surface area contributed by atoms with Crippen molar-refractivity contribution in [1.82, 2.24) is 29.2 Å². The number of halogens is 2. The number of imidazole rings is 1. The fraction of sp³-hybridized carbons (Fsp3) is 0.333. The largest absolute Gasteiger partial charge is 0.493 e. The summed E-state index contributed by atoms with van der Waals surface area (Å²) in [6, 6.07) is 5.06. The van der Waals surface area contributed by atoms with E-state index in [9.17, 15) is 14.0 Å². The predicted molar refractivity (Wildman–Crippen MR) is 127 cm³/mol. The van der Waals surface area contributed by atoms with Crippen LogP contribution in [0, 0.1) is 11.6 Å². The standard InChI is InChI=1S/C24H24F2N6O5/c1-30-22-16(14-7-17(26)23(19(8-14)35-2)37-12-20-27-13-28-29-20)9-15(25)10-18(22)32(24(30)34)11-21(33)31-3-5-36-6-4-31/h7-10,13H,3-6,11-12H2,1-2H3,(H,27,28,29). The average Bonchev–Trinajstić information content (AvgIpc) is 3.50. The van der Waals surface area contributed by atoms with E-state index in [1.54, 1.807) is 4.90 Å². The van der Waals surface area contributed by atoms with Crippen LogP contribution < -0.4 is 15.2 Å². The molecule has 4 aromatic rings. The first-order chi connectivity index (χ1) is 17.9. The Kier molecular flexibility index (Phi) is 6.61. The Morgan fingerprint density at radius 2 is 1.97 bits per heavy atom. The minimum Gasteiger partial charge on any atom is -0.493 e. The number of amides is 1. The van der Waals surface area contributed by atoms with Gasteiger partial charge in [-0.05, 0) is 29.8 Å². The monoisotopic (exact) mass is 514 g/mol. The summed E-state index contributed by atoms with van der Waals surface area (Å²) in [4.78, 5) is 31.5. The molecule has 1 saturated heterocycles. The zero-order valence-electron chi connectivity index (χ0n) is 20.2. The molecule has 1 amide bonds. The van der Waals surface area contributed by atoms with E-state index >= 15 is 4.39 Å². The molecule has 0 spiro atoms. The normalized spacial score (nSPS) is 13.8. The predicted octanol–water partition coefficient (Wildman–Crippen LogP) is 1.85. The summed E-state index contributed by atoms with van der Waals surface area (Å²) in [6.45, 7) is 1.33. The second kappa shape index (κ2) is 10.0. The molecule has 5 rings (SSSR count). The Morgan fingerprint density at radius 1 is 1.19 bits per heavy atom. The molecule has 1 N–H and O–H groups in total. The van der Waals surface area contributed by atoms with Gasteiger partial charge in [-0.3, -0.25) is 19.0 Å². The highest BCUT2D eigenvalue weighted by molar-refractivity contribution is 5.94. The van der Waals surface area contributed by atoms with Crippen molar-refractivity contribution in [3.63, 3.8) is 0 Å². The quantitative estimate of drug-likeness (QED) is 0.400. The van der Waals surface area contributed by atoms with E-state index in [1.807, 2.05) is 0 Å². The average molecular weight is 514 g/mol. The first-order valence-corrected chi connectivity index (χ1v) is 11.5. The summed E-state index contributed by atoms with van der Waals surface area (Å²) in [6.07, 6.45) is 1.30. The molecule has 0 bridgehead atoms. The van der Waals surface area contributed by atoms with Gasteiger partial charge in [0.2, 0.25) is 5.91 Å².